The molecule has 2 aromatic rings. The van der Waals surface area contributed by atoms with E-state index in [-0.39, 0.29) is 5.78 Å². The first-order chi connectivity index (χ1) is 7.59. The summed E-state index contributed by atoms with van der Waals surface area (Å²) < 4.78 is 1.51. The average Bonchev–Trinajstić information content (AvgIpc) is 2.63. The normalized spacial score (nSPS) is 10.4. The number of anilines is 1. The molecule has 0 aliphatic heterocycles. The van der Waals surface area contributed by atoms with Crippen molar-refractivity contribution < 1.29 is 4.79 Å². The first-order valence-electron chi connectivity index (χ1n) is 4.67. The summed E-state index contributed by atoms with van der Waals surface area (Å²) in [5, 5.41) is 4.45. The van der Waals surface area contributed by atoms with Crippen LogP contribution < -0.4 is 5.73 Å². The fourth-order valence-electron chi connectivity index (χ4n) is 1.47. The fraction of sp³-hybridized carbons (Fsp3) is 0.0909. The summed E-state index contributed by atoms with van der Waals surface area (Å²) in [5.74, 6) is -0.158. The predicted octanol–water partition coefficient (Wildman–Crippen LogP) is 1.89. The van der Waals surface area contributed by atoms with Crippen molar-refractivity contribution in [1.82, 2.24) is 9.78 Å². The minimum atomic E-state index is -0.158. The molecule has 0 spiro atoms. The molecule has 0 unspecified atom stereocenters. The third-order valence-corrected chi connectivity index (χ3v) is 2.55. The van der Waals surface area contributed by atoms with Crippen LogP contribution in [0.25, 0.3) is 0 Å². The largest absolute Gasteiger partial charge is 0.398 e. The van der Waals surface area contributed by atoms with Crippen LogP contribution in [0.15, 0.2) is 30.5 Å². The van der Waals surface area contributed by atoms with Crippen molar-refractivity contribution in [3.63, 3.8) is 0 Å². The van der Waals surface area contributed by atoms with Crippen LogP contribution in [0.5, 0.6) is 0 Å². The van der Waals surface area contributed by atoms with E-state index in [0.29, 0.717) is 22.0 Å². The van der Waals surface area contributed by atoms with Crippen LogP contribution >= 0.6 is 11.6 Å². The molecule has 0 radical (unpaired) electrons. The summed E-state index contributed by atoms with van der Waals surface area (Å²) in [6.45, 7) is 0. The molecule has 0 saturated carbocycles. The summed E-state index contributed by atoms with van der Waals surface area (Å²) in [4.78, 5) is 12.1. The summed E-state index contributed by atoms with van der Waals surface area (Å²) in [7, 11) is 1.71. The molecule has 5 heteroatoms. The van der Waals surface area contributed by atoms with E-state index < -0.39 is 0 Å². The Hall–Kier alpha value is -1.81. The highest BCUT2D eigenvalue weighted by Crippen LogP contribution is 2.20. The van der Waals surface area contributed by atoms with Gasteiger partial charge in [0.05, 0.1) is 0 Å². The van der Waals surface area contributed by atoms with Gasteiger partial charge in [0, 0.05) is 29.5 Å². The molecule has 0 aliphatic rings. The second-order valence-electron chi connectivity index (χ2n) is 3.40. The fourth-order valence-corrected chi connectivity index (χ4v) is 1.66. The molecule has 2 N–H and O–H groups in total. The maximum Gasteiger partial charge on any atom is 0.213 e. The SMILES string of the molecule is Cn1nccc1C(=O)c1ccc(Cl)cc1N. The smallest absolute Gasteiger partial charge is 0.213 e. The van der Waals surface area contributed by atoms with Gasteiger partial charge in [0.2, 0.25) is 5.78 Å². The van der Waals surface area contributed by atoms with E-state index >= 15 is 0 Å². The molecule has 0 atom stereocenters. The van der Waals surface area contributed by atoms with Crippen molar-refractivity contribution in [2.24, 2.45) is 7.05 Å². The number of carbonyl (C=O) groups is 1. The number of ketones is 1. The maximum atomic E-state index is 12.1. The zero-order chi connectivity index (χ0) is 11.7. The Morgan fingerprint density at radius 3 is 2.75 bits per heavy atom. The molecular formula is C11H10ClN3O. The summed E-state index contributed by atoms with van der Waals surface area (Å²) >= 11 is 5.77. The van der Waals surface area contributed by atoms with Gasteiger partial charge in [0.1, 0.15) is 5.69 Å². The Morgan fingerprint density at radius 2 is 2.19 bits per heavy atom. The Labute approximate surface area is 97.6 Å². The summed E-state index contributed by atoms with van der Waals surface area (Å²) in [6, 6.07) is 6.47. The van der Waals surface area contributed by atoms with Gasteiger partial charge in [-0.3, -0.25) is 9.48 Å². The topological polar surface area (TPSA) is 60.9 Å². The highest BCUT2D eigenvalue weighted by atomic mass is 35.5. The molecular weight excluding hydrogens is 226 g/mol. The quantitative estimate of drug-likeness (QED) is 0.639. The number of nitrogens with zero attached hydrogens (tertiary/aromatic N) is 2. The van der Waals surface area contributed by atoms with Gasteiger partial charge in [0.25, 0.3) is 0 Å². The molecule has 0 saturated heterocycles. The molecule has 0 amide bonds. The minimum absolute atomic E-state index is 0.158. The zero-order valence-electron chi connectivity index (χ0n) is 8.64. The van der Waals surface area contributed by atoms with E-state index in [9.17, 15) is 4.79 Å². The van der Waals surface area contributed by atoms with Gasteiger partial charge in [0.15, 0.2) is 0 Å². The van der Waals surface area contributed by atoms with Crippen LogP contribution in [0.4, 0.5) is 5.69 Å². The Bertz CT molecular complexity index is 548. The van der Waals surface area contributed by atoms with Gasteiger partial charge >= 0.3 is 0 Å². The molecule has 0 fully saturated rings. The molecule has 1 heterocycles. The molecule has 82 valence electrons. The van der Waals surface area contributed by atoms with Gasteiger partial charge in [-0.25, -0.2) is 0 Å². The van der Waals surface area contributed by atoms with Crippen LogP contribution in [-0.4, -0.2) is 15.6 Å². The highest BCUT2D eigenvalue weighted by Gasteiger charge is 2.15. The molecule has 1 aromatic carbocycles. The van der Waals surface area contributed by atoms with Crippen LogP contribution in [0.2, 0.25) is 5.02 Å². The van der Waals surface area contributed by atoms with Crippen molar-refractivity contribution in [2.45, 2.75) is 0 Å². The van der Waals surface area contributed by atoms with Gasteiger partial charge in [-0.2, -0.15) is 5.10 Å². The van der Waals surface area contributed by atoms with Gasteiger partial charge in [-0.1, -0.05) is 11.6 Å². The number of hydrogen-bond donors (Lipinski definition) is 1. The van der Waals surface area contributed by atoms with E-state index in [1.165, 1.54) is 4.68 Å². The molecule has 2 rings (SSSR count). The first-order valence-corrected chi connectivity index (χ1v) is 5.05. The van der Waals surface area contributed by atoms with E-state index in [1.54, 1.807) is 37.5 Å². The Morgan fingerprint density at radius 1 is 1.44 bits per heavy atom. The number of aromatic nitrogens is 2. The van der Waals surface area contributed by atoms with Crippen molar-refractivity contribution >= 4 is 23.1 Å². The van der Waals surface area contributed by atoms with Gasteiger partial charge in [-0.05, 0) is 24.3 Å². The lowest BCUT2D eigenvalue weighted by Gasteiger charge is -2.05. The number of carbonyl (C=O) groups excluding carboxylic acids is 1. The molecule has 4 nitrogen and oxygen atoms in total. The maximum absolute atomic E-state index is 12.1. The second kappa shape index (κ2) is 3.98. The van der Waals surface area contributed by atoms with E-state index in [0.717, 1.165) is 0 Å². The average molecular weight is 236 g/mol. The van der Waals surface area contributed by atoms with Crippen molar-refractivity contribution in [1.29, 1.82) is 0 Å². The molecule has 16 heavy (non-hydrogen) atoms. The molecule has 0 bridgehead atoms. The number of halogens is 1. The first kappa shape index (κ1) is 10.7. The monoisotopic (exact) mass is 235 g/mol. The number of benzene rings is 1. The predicted molar refractivity (Wildman–Crippen MR) is 62.5 cm³/mol. The van der Waals surface area contributed by atoms with E-state index in [4.69, 9.17) is 17.3 Å². The molecule has 1 aromatic heterocycles. The molecule has 0 aliphatic carbocycles. The number of hydrogen-bond acceptors (Lipinski definition) is 3. The standard InChI is InChI=1S/C11H10ClN3O/c1-15-10(4-5-14-15)11(16)8-3-2-7(12)6-9(8)13/h2-6H,13H2,1H3. The number of nitrogen functional groups attached to an aromatic ring is 1. The van der Waals surface area contributed by atoms with Crippen LogP contribution in [0.1, 0.15) is 16.1 Å². The highest BCUT2D eigenvalue weighted by molar-refractivity contribution is 6.31. The van der Waals surface area contributed by atoms with Crippen LogP contribution in [0, 0.1) is 0 Å². The van der Waals surface area contributed by atoms with Crippen molar-refractivity contribution in [3.8, 4) is 0 Å². The lowest BCUT2D eigenvalue weighted by atomic mass is 10.1. The van der Waals surface area contributed by atoms with Crippen molar-refractivity contribution in [2.75, 3.05) is 5.73 Å². The van der Waals surface area contributed by atoms with E-state index in [2.05, 4.69) is 5.10 Å². The zero-order valence-corrected chi connectivity index (χ0v) is 9.40. The summed E-state index contributed by atoms with van der Waals surface area (Å²) in [5.41, 5.74) is 7.05. The number of nitrogens with two attached hydrogens (primary N) is 1. The third kappa shape index (κ3) is 1.79. The van der Waals surface area contributed by atoms with Crippen LogP contribution in [0.3, 0.4) is 0 Å². The van der Waals surface area contributed by atoms with Gasteiger partial charge in [-0.15, -0.1) is 0 Å². The lowest BCUT2D eigenvalue weighted by Crippen LogP contribution is -2.10. The van der Waals surface area contributed by atoms with Crippen LogP contribution in [-0.2, 0) is 7.05 Å². The van der Waals surface area contributed by atoms with Crippen molar-refractivity contribution in [3.05, 3.63) is 46.7 Å². The lowest BCUT2D eigenvalue weighted by molar-refractivity contribution is 0.103. The Balaban J connectivity index is 2.46. The third-order valence-electron chi connectivity index (χ3n) is 2.31. The number of rotatable bonds is 2. The number of aryl methyl sites for hydroxylation is 1. The minimum Gasteiger partial charge on any atom is -0.398 e. The second-order valence-corrected chi connectivity index (χ2v) is 3.84. The Kier molecular flexibility index (Phi) is 2.66. The summed E-state index contributed by atoms with van der Waals surface area (Å²) in [6.07, 6.45) is 1.57. The van der Waals surface area contributed by atoms with E-state index in [1.807, 2.05) is 0 Å². The van der Waals surface area contributed by atoms with Gasteiger partial charge < -0.3 is 5.73 Å².